The van der Waals surface area contributed by atoms with E-state index < -0.39 is 16.9 Å². The first-order chi connectivity index (χ1) is 15.3. The molecule has 32 heavy (non-hydrogen) atoms. The monoisotopic (exact) mass is 436 g/mol. The molecule has 0 saturated carbocycles. The number of hydrogen-bond acceptors (Lipinski definition) is 8. The number of aromatic nitrogens is 3. The summed E-state index contributed by atoms with van der Waals surface area (Å²) in [5.41, 5.74) is 7.49. The second-order valence-corrected chi connectivity index (χ2v) is 7.02. The number of para-hydroxylation sites is 1. The fourth-order valence-electron chi connectivity index (χ4n) is 3.77. The Morgan fingerprint density at radius 2 is 1.97 bits per heavy atom. The number of benzene rings is 2. The summed E-state index contributed by atoms with van der Waals surface area (Å²) < 4.78 is 12.5. The van der Waals surface area contributed by atoms with Crippen molar-refractivity contribution >= 4 is 17.5 Å². The van der Waals surface area contributed by atoms with Crippen LogP contribution in [0.15, 0.2) is 53.7 Å². The van der Waals surface area contributed by atoms with E-state index in [1.165, 1.54) is 31.0 Å². The lowest BCUT2D eigenvalue weighted by atomic mass is 9.94. The number of nitro groups is 1. The Morgan fingerprint density at radius 1 is 1.22 bits per heavy atom. The summed E-state index contributed by atoms with van der Waals surface area (Å²) >= 11 is 0. The van der Waals surface area contributed by atoms with E-state index in [-0.39, 0.29) is 17.1 Å². The zero-order chi connectivity index (χ0) is 23.0. The van der Waals surface area contributed by atoms with Crippen molar-refractivity contribution in [2.24, 2.45) is 5.73 Å². The molecule has 4 rings (SSSR count). The fraction of sp³-hybridized carbons (Fsp3) is 0.190. The van der Waals surface area contributed by atoms with Gasteiger partial charge in [0.25, 0.3) is 5.69 Å². The number of carbonyl (C=O) groups is 1. The van der Waals surface area contributed by atoms with Crippen LogP contribution in [0.4, 0.5) is 11.6 Å². The number of non-ortho nitro benzene ring substituents is 1. The SMILES string of the molecule is COc1cccc(C2C(C(N)=O)=C(C)Nc3nc(-c4cccc([N+](=O)[O-])c4)nn32)c1OC. The van der Waals surface area contributed by atoms with Crippen molar-refractivity contribution in [1.82, 2.24) is 14.8 Å². The summed E-state index contributed by atoms with van der Waals surface area (Å²) in [5, 5.41) is 18.8. The maximum Gasteiger partial charge on any atom is 0.270 e. The van der Waals surface area contributed by atoms with Crippen molar-refractivity contribution in [3.8, 4) is 22.9 Å². The van der Waals surface area contributed by atoms with Gasteiger partial charge in [-0.2, -0.15) is 4.98 Å². The number of methoxy groups -OCH3 is 2. The molecule has 2 heterocycles. The highest BCUT2D eigenvalue weighted by Crippen LogP contribution is 2.43. The molecule has 3 aromatic rings. The molecule has 1 atom stereocenters. The molecular weight excluding hydrogens is 416 g/mol. The fourth-order valence-corrected chi connectivity index (χ4v) is 3.77. The lowest BCUT2D eigenvalue weighted by Gasteiger charge is -2.29. The van der Waals surface area contributed by atoms with E-state index >= 15 is 0 Å². The number of nitrogens with two attached hydrogens (primary N) is 1. The number of allylic oxidation sites excluding steroid dienone is 1. The molecule has 11 heteroatoms. The summed E-state index contributed by atoms with van der Waals surface area (Å²) in [5.74, 6) is 0.866. The second-order valence-electron chi connectivity index (χ2n) is 7.02. The van der Waals surface area contributed by atoms with Gasteiger partial charge in [-0.25, -0.2) is 4.68 Å². The van der Waals surface area contributed by atoms with Crippen LogP contribution in [0, 0.1) is 10.1 Å². The number of anilines is 1. The molecule has 1 aromatic heterocycles. The van der Waals surface area contributed by atoms with E-state index in [0.29, 0.717) is 34.3 Å². The van der Waals surface area contributed by atoms with Gasteiger partial charge in [0, 0.05) is 29.0 Å². The first-order valence-corrected chi connectivity index (χ1v) is 9.55. The van der Waals surface area contributed by atoms with Crippen LogP contribution in [-0.4, -0.2) is 39.8 Å². The Labute approximate surface area is 182 Å². The van der Waals surface area contributed by atoms with Crippen molar-refractivity contribution < 1.29 is 19.2 Å². The number of ether oxygens (including phenoxy) is 2. The molecule has 1 unspecified atom stereocenters. The lowest BCUT2D eigenvalue weighted by molar-refractivity contribution is -0.384. The first kappa shape index (κ1) is 20.8. The minimum atomic E-state index is -0.756. The number of primary amides is 1. The van der Waals surface area contributed by atoms with Crippen molar-refractivity contribution in [1.29, 1.82) is 0 Å². The van der Waals surface area contributed by atoms with Gasteiger partial charge in [-0.05, 0) is 13.0 Å². The van der Waals surface area contributed by atoms with E-state index in [1.54, 1.807) is 37.3 Å². The highest BCUT2D eigenvalue weighted by molar-refractivity contribution is 5.95. The minimum absolute atomic E-state index is 0.0821. The highest BCUT2D eigenvalue weighted by Gasteiger charge is 2.36. The predicted octanol–water partition coefficient (Wildman–Crippen LogP) is 2.64. The predicted molar refractivity (Wildman–Crippen MR) is 115 cm³/mol. The van der Waals surface area contributed by atoms with Gasteiger partial charge in [0.2, 0.25) is 11.9 Å². The molecule has 11 nitrogen and oxygen atoms in total. The van der Waals surface area contributed by atoms with Gasteiger partial charge in [-0.1, -0.05) is 24.3 Å². The summed E-state index contributed by atoms with van der Waals surface area (Å²) in [7, 11) is 3.02. The first-order valence-electron chi connectivity index (χ1n) is 9.55. The largest absolute Gasteiger partial charge is 0.493 e. The molecule has 2 aromatic carbocycles. The number of amides is 1. The average molecular weight is 436 g/mol. The van der Waals surface area contributed by atoms with Crippen LogP contribution in [0.25, 0.3) is 11.4 Å². The van der Waals surface area contributed by atoms with Crippen LogP contribution >= 0.6 is 0 Å². The smallest absolute Gasteiger partial charge is 0.270 e. The molecular formula is C21H20N6O5. The third kappa shape index (κ3) is 3.39. The third-order valence-corrected chi connectivity index (χ3v) is 5.16. The molecule has 0 spiro atoms. The minimum Gasteiger partial charge on any atom is -0.493 e. The standard InChI is InChI=1S/C21H20N6O5/c1-11-16(19(22)28)17(14-8-5-9-15(31-2)18(14)32-3)26-21(23-11)24-20(25-26)12-6-4-7-13(10-12)27(29)30/h4-10,17H,1-3H3,(H2,22,28)(H,23,24,25). The zero-order valence-electron chi connectivity index (χ0n) is 17.5. The normalized spacial score (nSPS) is 15.0. The lowest BCUT2D eigenvalue weighted by Crippen LogP contribution is -2.32. The van der Waals surface area contributed by atoms with Crippen molar-refractivity contribution in [3.05, 3.63) is 69.4 Å². The number of hydrogen-bond donors (Lipinski definition) is 2. The summed E-state index contributed by atoms with van der Waals surface area (Å²) in [6, 6.07) is 10.5. The van der Waals surface area contributed by atoms with Gasteiger partial charge in [-0.3, -0.25) is 14.9 Å². The second kappa shape index (κ2) is 8.02. The van der Waals surface area contributed by atoms with Gasteiger partial charge in [-0.15, -0.1) is 5.10 Å². The Hall–Kier alpha value is -4.41. The summed E-state index contributed by atoms with van der Waals surface area (Å²) in [6.45, 7) is 1.71. The van der Waals surface area contributed by atoms with E-state index in [4.69, 9.17) is 15.2 Å². The number of rotatable bonds is 6. The van der Waals surface area contributed by atoms with Gasteiger partial charge < -0.3 is 20.5 Å². The van der Waals surface area contributed by atoms with Gasteiger partial charge >= 0.3 is 0 Å². The average Bonchev–Trinajstić information content (AvgIpc) is 3.21. The Balaban J connectivity index is 1.92. The number of nitro benzene ring substituents is 1. The molecule has 1 aliphatic rings. The topological polar surface area (TPSA) is 147 Å². The zero-order valence-corrected chi connectivity index (χ0v) is 17.5. The van der Waals surface area contributed by atoms with Crippen molar-refractivity contribution in [2.45, 2.75) is 13.0 Å². The van der Waals surface area contributed by atoms with Crippen LogP contribution < -0.4 is 20.5 Å². The quantitative estimate of drug-likeness (QED) is 0.443. The number of nitrogens with zero attached hydrogens (tertiary/aromatic N) is 4. The number of nitrogens with one attached hydrogen (secondary N) is 1. The maximum absolute atomic E-state index is 12.4. The molecule has 0 aliphatic carbocycles. The van der Waals surface area contributed by atoms with E-state index in [2.05, 4.69) is 15.4 Å². The summed E-state index contributed by atoms with van der Waals surface area (Å²) in [4.78, 5) is 27.6. The van der Waals surface area contributed by atoms with Crippen LogP contribution in [0.5, 0.6) is 11.5 Å². The molecule has 0 saturated heterocycles. The third-order valence-electron chi connectivity index (χ3n) is 5.16. The van der Waals surface area contributed by atoms with E-state index in [0.717, 1.165) is 0 Å². The molecule has 0 bridgehead atoms. The Kier molecular flexibility index (Phi) is 5.23. The Bertz CT molecular complexity index is 1270. The van der Waals surface area contributed by atoms with Crippen LogP contribution in [0.3, 0.4) is 0 Å². The molecule has 0 radical (unpaired) electrons. The highest BCUT2D eigenvalue weighted by atomic mass is 16.6. The summed E-state index contributed by atoms with van der Waals surface area (Å²) in [6.07, 6.45) is 0. The molecule has 1 aliphatic heterocycles. The van der Waals surface area contributed by atoms with Crippen molar-refractivity contribution in [3.63, 3.8) is 0 Å². The van der Waals surface area contributed by atoms with E-state index in [9.17, 15) is 14.9 Å². The maximum atomic E-state index is 12.4. The van der Waals surface area contributed by atoms with Gasteiger partial charge in [0.15, 0.2) is 17.3 Å². The van der Waals surface area contributed by atoms with Crippen LogP contribution in [0.1, 0.15) is 18.5 Å². The van der Waals surface area contributed by atoms with Gasteiger partial charge in [0.05, 0.1) is 24.7 Å². The number of carbonyl (C=O) groups excluding carboxylic acids is 1. The Morgan fingerprint density at radius 3 is 2.62 bits per heavy atom. The van der Waals surface area contributed by atoms with Gasteiger partial charge in [0.1, 0.15) is 6.04 Å². The van der Waals surface area contributed by atoms with Crippen LogP contribution in [-0.2, 0) is 4.79 Å². The van der Waals surface area contributed by atoms with Crippen LogP contribution in [0.2, 0.25) is 0 Å². The number of fused-ring (bicyclic) bond motifs is 1. The van der Waals surface area contributed by atoms with E-state index in [1.807, 2.05) is 0 Å². The molecule has 3 N–H and O–H groups in total. The molecule has 164 valence electrons. The van der Waals surface area contributed by atoms with Crippen molar-refractivity contribution in [2.75, 3.05) is 19.5 Å². The molecule has 0 fully saturated rings. The molecule has 1 amide bonds.